The lowest BCUT2D eigenvalue weighted by atomic mass is 10.0. The van der Waals surface area contributed by atoms with Gasteiger partial charge in [0.2, 0.25) is 5.91 Å². The number of aryl methyl sites for hydroxylation is 1. The van der Waals surface area contributed by atoms with Gasteiger partial charge in [-0.15, -0.1) is 11.8 Å². The van der Waals surface area contributed by atoms with Gasteiger partial charge in [-0.3, -0.25) is 4.79 Å². The van der Waals surface area contributed by atoms with Crippen LogP contribution in [0.15, 0.2) is 18.2 Å². The minimum atomic E-state index is -0.312. The van der Waals surface area contributed by atoms with Crippen molar-refractivity contribution in [3.05, 3.63) is 23.8 Å². The van der Waals surface area contributed by atoms with Crippen molar-refractivity contribution in [2.75, 3.05) is 17.2 Å². The second kappa shape index (κ2) is 5.45. The summed E-state index contributed by atoms with van der Waals surface area (Å²) < 4.78 is -0.312. The highest BCUT2D eigenvalue weighted by Gasteiger charge is 2.40. The number of amides is 1. The molecule has 1 amide bonds. The van der Waals surface area contributed by atoms with E-state index in [0.717, 1.165) is 29.8 Å². The minimum Gasteiger partial charge on any atom is -0.508 e. The standard InChI is InChI=1S/C15H21NO2S/c1-4-16(13-10-12(17)7-6-11(13)2)14(18)15(3)8-5-9-19-15/h6-7,10,17H,4-5,8-9H2,1-3H3. The van der Waals surface area contributed by atoms with Crippen LogP contribution in [0.25, 0.3) is 0 Å². The molecule has 0 aliphatic carbocycles. The summed E-state index contributed by atoms with van der Waals surface area (Å²) in [4.78, 5) is 14.6. The first-order chi connectivity index (χ1) is 8.98. The highest BCUT2D eigenvalue weighted by Crippen LogP contribution is 2.40. The summed E-state index contributed by atoms with van der Waals surface area (Å²) in [6.45, 7) is 6.60. The summed E-state index contributed by atoms with van der Waals surface area (Å²) in [6.07, 6.45) is 2.04. The van der Waals surface area contributed by atoms with Crippen molar-refractivity contribution in [2.45, 2.75) is 38.4 Å². The minimum absolute atomic E-state index is 0.159. The second-order valence-electron chi connectivity index (χ2n) is 5.20. The Balaban J connectivity index is 2.34. The van der Waals surface area contributed by atoms with Crippen molar-refractivity contribution in [2.24, 2.45) is 0 Å². The first kappa shape index (κ1) is 14.3. The summed E-state index contributed by atoms with van der Waals surface area (Å²) in [5.74, 6) is 1.42. The van der Waals surface area contributed by atoms with E-state index in [0.29, 0.717) is 6.54 Å². The number of phenols is 1. The molecule has 1 saturated heterocycles. The molecule has 1 aliphatic rings. The number of rotatable bonds is 3. The van der Waals surface area contributed by atoms with E-state index >= 15 is 0 Å². The van der Waals surface area contributed by atoms with E-state index in [4.69, 9.17) is 0 Å². The van der Waals surface area contributed by atoms with E-state index in [1.165, 1.54) is 0 Å². The van der Waals surface area contributed by atoms with Gasteiger partial charge in [0.15, 0.2) is 0 Å². The Morgan fingerprint density at radius 3 is 2.84 bits per heavy atom. The first-order valence-corrected chi connectivity index (χ1v) is 7.72. The van der Waals surface area contributed by atoms with Crippen LogP contribution in [-0.4, -0.2) is 28.1 Å². The molecule has 0 radical (unpaired) electrons. The van der Waals surface area contributed by atoms with Gasteiger partial charge in [-0.1, -0.05) is 6.07 Å². The molecule has 1 fully saturated rings. The zero-order valence-corrected chi connectivity index (χ0v) is 12.6. The van der Waals surface area contributed by atoms with Crippen LogP contribution < -0.4 is 4.90 Å². The van der Waals surface area contributed by atoms with Gasteiger partial charge in [0, 0.05) is 12.6 Å². The third kappa shape index (κ3) is 2.73. The summed E-state index contributed by atoms with van der Waals surface area (Å²) in [7, 11) is 0. The van der Waals surface area contributed by atoms with Gasteiger partial charge in [0.1, 0.15) is 5.75 Å². The van der Waals surface area contributed by atoms with Gasteiger partial charge >= 0.3 is 0 Å². The molecule has 1 aliphatic heterocycles. The topological polar surface area (TPSA) is 40.5 Å². The zero-order chi connectivity index (χ0) is 14.0. The van der Waals surface area contributed by atoms with Crippen LogP contribution in [0.3, 0.4) is 0 Å². The molecule has 1 aromatic rings. The van der Waals surface area contributed by atoms with Crippen LogP contribution >= 0.6 is 11.8 Å². The van der Waals surface area contributed by atoms with Crippen LogP contribution in [0.2, 0.25) is 0 Å². The Morgan fingerprint density at radius 1 is 1.53 bits per heavy atom. The molecule has 0 spiro atoms. The number of phenolic OH excluding ortho intramolecular Hbond substituents is 1. The van der Waals surface area contributed by atoms with Gasteiger partial charge in [0.25, 0.3) is 0 Å². The lowest BCUT2D eigenvalue weighted by Crippen LogP contribution is -2.44. The lowest BCUT2D eigenvalue weighted by molar-refractivity contribution is -0.120. The fraction of sp³-hybridized carbons (Fsp3) is 0.533. The van der Waals surface area contributed by atoms with Crippen LogP contribution in [0.5, 0.6) is 5.75 Å². The molecule has 1 N–H and O–H groups in total. The fourth-order valence-corrected chi connectivity index (χ4v) is 3.81. The van der Waals surface area contributed by atoms with Gasteiger partial charge in [-0.25, -0.2) is 0 Å². The first-order valence-electron chi connectivity index (χ1n) is 6.73. The Morgan fingerprint density at radius 2 is 2.26 bits per heavy atom. The van der Waals surface area contributed by atoms with Gasteiger partial charge in [-0.2, -0.15) is 0 Å². The molecule has 0 bridgehead atoms. The number of anilines is 1. The van der Waals surface area contributed by atoms with E-state index < -0.39 is 0 Å². The second-order valence-corrected chi connectivity index (χ2v) is 6.80. The van der Waals surface area contributed by atoms with Crippen LogP contribution in [-0.2, 0) is 4.79 Å². The average Bonchev–Trinajstić information content (AvgIpc) is 2.82. The highest BCUT2D eigenvalue weighted by molar-refractivity contribution is 8.01. The third-order valence-corrected chi connectivity index (χ3v) is 5.22. The number of hydrogen-bond donors (Lipinski definition) is 1. The van der Waals surface area contributed by atoms with Crippen molar-refractivity contribution >= 4 is 23.4 Å². The molecular weight excluding hydrogens is 258 g/mol. The molecule has 1 atom stereocenters. The molecule has 1 unspecified atom stereocenters. The van der Waals surface area contributed by atoms with Crippen molar-refractivity contribution in [3.8, 4) is 5.75 Å². The molecule has 0 aromatic heterocycles. The van der Waals surface area contributed by atoms with Crippen LogP contribution in [0, 0.1) is 6.92 Å². The molecule has 0 saturated carbocycles. The van der Waals surface area contributed by atoms with E-state index in [1.54, 1.807) is 28.8 Å². The molecule has 4 heteroatoms. The number of nitrogens with zero attached hydrogens (tertiary/aromatic N) is 1. The SMILES string of the molecule is CCN(C(=O)C1(C)CCCS1)c1cc(O)ccc1C. The van der Waals surface area contributed by atoms with Gasteiger partial charge < -0.3 is 10.0 Å². The Kier molecular flexibility index (Phi) is 4.09. The summed E-state index contributed by atoms with van der Waals surface area (Å²) >= 11 is 1.75. The smallest absolute Gasteiger partial charge is 0.242 e. The molecule has 2 rings (SSSR count). The zero-order valence-electron chi connectivity index (χ0n) is 11.8. The number of hydrogen-bond acceptors (Lipinski definition) is 3. The molecule has 1 heterocycles. The molecular formula is C15H21NO2S. The number of aromatic hydroxyl groups is 1. The Bertz CT molecular complexity index is 481. The summed E-state index contributed by atoms with van der Waals surface area (Å²) in [5, 5.41) is 9.65. The van der Waals surface area contributed by atoms with E-state index in [1.807, 2.05) is 26.8 Å². The predicted molar refractivity (Wildman–Crippen MR) is 81.0 cm³/mol. The Labute approximate surface area is 119 Å². The van der Waals surface area contributed by atoms with Gasteiger partial charge in [0.05, 0.1) is 10.4 Å². The third-order valence-electron chi connectivity index (χ3n) is 3.72. The largest absolute Gasteiger partial charge is 0.508 e. The summed E-state index contributed by atoms with van der Waals surface area (Å²) in [5.41, 5.74) is 1.83. The Hall–Kier alpha value is -1.16. The van der Waals surface area contributed by atoms with Gasteiger partial charge in [-0.05, 0) is 51.0 Å². The molecule has 104 valence electrons. The molecule has 1 aromatic carbocycles. The number of carbonyl (C=O) groups is 1. The van der Waals surface area contributed by atoms with Crippen LogP contribution in [0.1, 0.15) is 32.3 Å². The lowest BCUT2D eigenvalue weighted by Gasteiger charge is -2.31. The van der Waals surface area contributed by atoms with Crippen LogP contribution in [0.4, 0.5) is 5.69 Å². The normalized spacial score (nSPS) is 22.5. The molecule has 19 heavy (non-hydrogen) atoms. The van der Waals surface area contributed by atoms with E-state index in [9.17, 15) is 9.90 Å². The van der Waals surface area contributed by atoms with E-state index in [2.05, 4.69) is 0 Å². The maximum Gasteiger partial charge on any atom is 0.242 e. The quantitative estimate of drug-likeness (QED) is 0.922. The number of benzene rings is 1. The monoisotopic (exact) mass is 279 g/mol. The van der Waals surface area contributed by atoms with Crippen molar-refractivity contribution < 1.29 is 9.90 Å². The maximum absolute atomic E-state index is 12.8. The highest BCUT2D eigenvalue weighted by atomic mass is 32.2. The number of thioether (sulfide) groups is 1. The number of carbonyl (C=O) groups excluding carboxylic acids is 1. The van der Waals surface area contributed by atoms with Crippen molar-refractivity contribution in [1.29, 1.82) is 0 Å². The average molecular weight is 279 g/mol. The van der Waals surface area contributed by atoms with Crippen molar-refractivity contribution in [3.63, 3.8) is 0 Å². The fourth-order valence-electron chi connectivity index (χ4n) is 2.55. The van der Waals surface area contributed by atoms with E-state index in [-0.39, 0.29) is 16.4 Å². The maximum atomic E-state index is 12.8. The predicted octanol–water partition coefficient (Wildman–Crippen LogP) is 3.34. The summed E-state index contributed by atoms with van der Waals surface area (Å²) in [6, 6.07) is 5.19. The van der Waals surface area contributed by atoms with Crippen molar-refractivity contribution in [1.82, 2.24) is 0 Å². The molecule has 3 nitrogen and oxygen atoms in total.